The predicted molar refractivity (Wildman–Crippen MR) is 67.1 cm³/mol. The quantitative estimate of drug-likeness (QED) is 0.879. The van der Waals surface area contributed by atoms with Gasteiger partial charge in [-0.25, -0.2) is 4.98 Å². The minimum absolute atomic E-state index is 0.0257. The molecule has 18 heavy (non-hydrogen) atoms. The lowest BCUT2D eigenvalue weighted by Gasteiger charge is -2.10. The molecule has 0 aliphatic heterocycles. The van der Waals surface area contributed by atoms with Crippen molar-refractivity contribution in [2.75, 3.05) is 11.8 Å². The predicted octanol–water partition coefficient (Wildman–Crippen LogP) is 1.53. The minimum atomic E-state index is -3.62. The fraction of sp³-hybridized carbons (Fsp3) is 0.182. The first-order valence-electron chi connectivity index (χ1n) is 5.19. The molecule has 0 saturated carbocycles. The Morgan fingerprint density at radius 1 is 1.39 bits per heavy atom. The van der Waals surface area contributed by atoms with Gasteiger partial charge < -0.3 is 9.72 Å². The number of benzene rings is 1. The number of rotatable bonds is 4. The van der Waals surface area contributed by atoms with Gasteiger partial charge in [0.05, 0.1) is 25.3 Å². The second-order valence-corrected chi connectivity index (χ2v) is 5.35. The van der Waals surface area contributed by atoms with Crippen LogP contribution in [0.3, 0.4) is 0 Å². The second-order valence-electron chi connectivity index (χ2n) is 3.70. The lowest BCUT2D eigenvalue weighted by molar-refractivity contribution is 0.414. The van der Waals surface area contributed by atoms with Crippen molar-refractivity contribution in [2.24, 2.45) is 0 Å². The van der Waals surface area contributed by atoms with Gasteiger partial charge in [0.15, 0.2) is 5.03 Å². The Morgan fingerprint density at radius 2 is 2.17 bits per heavy atom. The molecule has 1 aromatic heterocycles. The molecular formula is C11H13N3O3S. The number of methoxy groups -OCH3 is 1. The van der Waals surface area contributed by atoms with E-state index in [1.54, 1.807) is 32.2 Å². The molecule has 2 rings (SSSR count). The average molecular weight is 267 g/mol. The van der Waals surface area contributed by atoms with E-state index >= 15 is 0 Å². The van der Waals surface area contributed by atoms with Gasteiger partial charge in [0.25, 0.3) is 10.0 Å². The van der Waals surface area contributed by atoms with Crippen LogP contribution >= 0.6 is 0 Å². The Bertz CT molecular complexity index is 636. The monoisotopic (exact) mass is 267 g/mol. The highest BCUT2D eigenvalue weighted by atomic mass is 32.2. The van der Waals surface area contributed by atoms with E-state index in [4.69, 9.17) is 4.74 Å². The zero-order valence-electron chi connectivity index (χ0n) is 9.97. The molecule has 0 amide bonds. The zero-order valence-corrected chi connectivity index (χ0v) is 10.8. The Labute approximate surface area is 105 Å². The third-order valence-corrected chi connectivity index (χ3v) is 3.73. The van der Waals surface area contributed by atoms with E-state index in [-0.39, 0.29) is 5.03 Å². The first-order chi connectivity index (χ1) is 8.53. The van der Waals surface area contributed by atoms with E-state index in [2.05, 4.69) is 14.7 Å². The molecule has 0 radical (unpaired) electrons. The Morgan fingerprint density at radius 3 is 2.72 bits per heavy atom. The molecule has 0 bridgehead atoms. The number of ether oxygens (including phenoxy) is 1. The molecule has 1 aromatic carbocycles. The van der Waals surface area contributed by atoms with Crippen LogP contribution in [0.15, 0.2) is 35.7 Å². The molecule has 96 valence electrons. The van der Waals surface area contributed by atoms with Gasteiger partial charge in [-0.1, -0.05) is 0 Å². The van der Waals surface area contributed by atoms with Crippen LogP contribution in [0.2, 0.25) is 0 Å². The summed E-state index contributed by atoms with van der Waals surface area (Å²) in [5, 5.41) is 0.0257. The summed E-state index contributed by atoms with van der Waals surface area (Å²) in [6.07, 6.45) is 2.57. The van der Waals surface area contributed by atoms with E-state index < -0.39 is 10.0 Å². The molecule has 2 aromatic rings. The molecular weight excluding hydrogens is 254 g/mol. The standard InChI is InChI=1S/C11H13N3O3S/c1-8-5-9(17-2)3-4-10(8)14-18(15,16)11-6-12-7-13-11/h3-7,14H,1-2H3,(H,12,13). The number of aryl methyl sites for hydroxylation is 1. The summed E-state index contributed by atoms with van der Waals surface area (Å²) in [5.74, 6) is 0.678. The highest BCUT2D eigenvalue weighted by Gasteiger charge is 2.16. The number of hydrogen-bond donors (Lipinski definition) is 2. The van der Waals surface area contributed by atoms with Gasteiger partial charge in [-0.05, 0) is 30.7 Å². The molecule has 0 atom stereocenters. The van der Waals surface area contributed by atoms with Crippen LogP contribution < -0.4 is 9.46 Å². The highest BCUT2D eigenvalue weighted by Crippen LogP contribution is 2.23. The third-order valence-electron chi connectivity index (χ3n) is 2.44. The van der Waals surface area contributed by atoms with Crippen LogP contribution in [0, 0.1) is 6.92 Å². The van der Waals surface area contributed by atoms with Crippen LogP contribution in [0.5, 0.6) is 5.75 Å². The molecule has 0 fully saturated rings. The lowest BCUT2D eigenvalue weighted by atomic mass is 10.2. The van der Waals surface area contributed by atoms with E-state index in [1.165, 1.54) is 12.5 Å². The third kappa shape index (κ3) is 2.45. The fourth-order valence-electron chi connectivity index (χ4n) is 1.47. The molecule has 6 nitrogen and oxygen atoms in total. The average Bonchev–Trinajstić information content (AvgIpc) is 2.86. The number of hydrogen-bond acceptors (Lipinski definition) is 4. The molecule has 1 heterocycles. The molecule has 0 aliphatic carbocycles. The van der Waals surface area contributed by atoms with E-state index in [0.29, 0.717) is 11.4 Å². The minimum Gasteiger partial charge on any atom is -0.497 e. The smallest absolute Gasteiger partial charge is 0.278 e. The zero-order chi connectivity index (χ0) is 13.2. The van der Waals surface area contributed by atoms with Crippen molar-refractivity contribution in [1.29, 1.82) is 0 Å². The van der Waals surface area contributed by atoms with E-state index in [0.717, 1.165) is 5.56 Å². The molecule has 0 unspecified atom stereocenters. The van der Waals surface area contributed by atoms with Gasteiger partial charge in [-0.3, -0.25) is 4.72 Å². The SMILES string of the molecule is COc1ccc(NS(=O)(=O)c2cnc[nH]2)c(C)c1. The Hall–Kier alpha value is -2.02. The van der Waals surface area contributed by atoms with Crippen LogP contribution in [-0.2, 0) is 10.0 Å². The Balaban J connectivity index is 2.30. The van der Waals surface area contributed by atoms with Crippen LogP contribution in [0.25, 0.3) is 0 Å². The normalized spacial score (nSPS) is 11.2. The molecule has 0 saturated heterocycles. The number of H-pyrrole nitrogens is 1. The van der Waals surface area contributed by atoms with Gasteiger partial charge in [-0.2, -0.15) is 8.42 Å². The fourth-order valence-corrected chi connectivity index (χ4v) is 2.50. The van der Waals surface area contributed by atoms with Gasteiger partial charge in [0, 0.05) is 0 Å². The van der Waals surface area contributed by atoms with Gasteiger partial charge in [-0.15, -0.1) is 0 Å². The topological polar surface area (TPSA) is 84.1 Å². The van der Waals surface area contributed by atoms with Crippen LogP contribution in [0.1, 0.15) is 5.56 Å². The summed E-state index contributed by atoms with van der Waals surface area (Å²) in [6.45, 7) is 1.80. The van der Waals surface area contributed by atoms with Crippen LogP contribution in [0.4, 0.5) is 5.69 Å². The largest absolute Gasteiger partial charge is 0.497 e. The molecule has 0 spiro atoms. The summed E-state index contributed by atoms with van der Waals surface area (Å²) in [5.41, 5.74) is 1.28. The maximum atomic E-state index is 12.0. The number of nitrogens with one attached hydrogen (secondary N) is 2. The van der Waals surface area contributed by atoms with Crippen molar-refractivity contribution in [2.45, 2.75) is 11.9 Å². The molecule has 7 heteroatoms. The Kier molecular flexibility index (Phi) is 3.24. The number of anilines is 1. The van der Waals surface area contributed by atoms with Crippen molar-refractivity contribution in [1.82, 2.24) is 9.97 Å². The van der Waals surface area contributed by atoms with E-state index in [1.807, 2.05) is 0 Å². The number of imidazole rings is 1. The van der Waals surface area contributed by atoms with Crippen molar-refractivity contribution < 1.29 is 13.2 Å². The number of nitrogens with zero attached hydrogens (tertiary/aromatic N) is 1. The van der Waals surface area contributed by atoms with Gasteiger partial charge in [0.2, 0.25) is 0 Å². The van der Waals surface area contributed by atoms with Crippen molar-refractivity contribution >= 4 is 15.7 Å². The summed E-state index contributed by atoms with van der Waals surface area (Å²) in [7, 11) is -2.06. The number of aromatic amines is 1. The number of sulfonamides is 1. The lowest BCUT2D eigenvalue weighted by Crippen LogP contribution is -2.14. The van der Waals surface area contributed by atoms with E-state index in [9.17, 15) is 8.42 Å². The van der Waals surface area contributed by atoms with Crippen molar-refractivity contribution in [3.05, 3.63) is 36.3 Å². The first kappa shape index (κ1) is 12.4. The summed E-state index contributed by atoms with van der Waals surface area (Å²) in [6, 6.07) is 5.10. The summed E-state index contributed by atoms with van der Waals surface area (Å²) < 4.78 is 31.5. The van der Waals surface area contributed by atoms with Gasteiger partial charge in [0.1, 0.15) is 5.75 Å². The second kappa shape index (κ2) is 4.69. The number of aromatic nitrogens is 2. The summed E-state index contributed by atoms with van der Waals surface area (Å²) in [4.78, 5) is 6.24. The van der Waals surface area contributed by atoms with Gasteiger partial charge >= 0.3 is 0 Å². The maximum Gasteiger partial charge on any atom is 0.278 e. The first-order valence-corrected chi connectivity index (χ1v) is 6.67. The molecule has 2 N–H and O–H groups in total. The van der Waals surface area contributed by atoms with Crippen molar-refractivity contribution in [3.63, 3.8) is 0 Å². The van der Waals surface area contributed by atoms with Crippen molar-refractivity contribution in [3.8, 4) is 5.75 Å². The summed E-state index contributed by atoms with van der Waals surface area (Å²) >= 11 is 0. The maximum absolute atomic E-state index is 12.0. The molecule has 0 aliphatic rings. The highest BCUT2D eigenvalue weighted by molar-refractivity contribution is 7.92. The van der Waals surface area contributed by atoms with Crippen LogP contribution in [-0.4, -0.2) is 25.5 Å².